The lowest BCUT2D eigenvalue weighted by Gasteiger charge is -2.11. The number of carbonyl (C=O) groups excluding carboxylic acids is 2. The monoisotopic (exact) mass is 265 g/mol. The molecule has 10 nitrogen and oxygen atoms in total. The van der Waals surface area contributed by atoms with Crippen molar-refractivity contribution in [3.05, 3.63) is 0 Å². The normalized spacial score (nSPS) is 9.89. The van der Waals surface area contributed by atoms with Crippen LogP contribution in [0.1, 0.15) is 25.7 Å². The van der Waals surface area contributed by atoms with Gasteiger partial charge in [0.15, 0.2) is 5.39 Å². The van der Waals surface area contributed by atoms with Crippen molar-refractivity contribution in [1.82, 2.24) is 5.39 Å². The highest BCUT2D eigenvalue weighted by molar-refractivity contribution is 5.77. The molecule has 0 radical (unpaired) electrons. The van der Waals surface area contributed by atoms with E-state index in [1.54, 1.807) is 0 Å². The van der Waals surface area contributed by atoms with Gasteiger partial charge in [0.2, 0.25) is 0 Å². The average molecular weight is 265 g/mol. The summed E-state index contributed by atoms with van der Waals surface area (Å²) >= 11 is 0. The van der Waals surface area contributed by atoms with Gasteiger partial charge in [-0.15, -0.1) is 0 Å². The first-order chi connectivity index (χ1) is 8.31. The standard InChI is InChI=1S/C8H11NO9/c10-5(11)1-3-7(14)17-9(16)18-8(15)4-2-6(12)13/h16H,1-4H2,(H,10,11)(H,12,13). The zero-order chi connectivity index (χ0) is 14.1. The summed E-state index contributed by atoms with van der Waals surface area (Å²) in [5, 5.41) is 24.7. The Hall–Kier alpha value is -2.20. The maximum absolute atomic E-state index is 10.8. The van der Waals surface area contributed by atoms with Crippen LogP contribution in [0.5, 0.6) is 0 Å². The van der Waals surface area contributed by atoms with Crippen LogP contribution in [0.25, 0.3) is 0 Å². The molecule has 3 N–H and O–H groups in total. The third-order valence-electron chi connectivity index (χ3n) is 1.45. The topological polar surface area (TPSA) is 151 Å². The molecule has 0 aliphatic carbocycles. The molecule has 0 rings (SSSR count). The molecule has 0 aliphatic rings. The zero-order valence-corrected chi connectivity index (χ0v) is 9.07. The Morgan fingerprint density at radius 3 is 1.39 bits per heavy atom. The first-order valence-electron chi connectivity index (χ1n) is 4.65. The average Bonchev–Trinajstić information content (AvgIpc) is 2.23. The molecule has 0 aromatic rings. The summed E-state index contributed by atoms with van der Waals surface area (Å²) in [6.45, 7) is 0. The summed E-state index contributed by atoms with van der Waals surface area (Å²) in [5.74, 6) is -4.75. The Morgan fingerprint density at radius 1 is 0.778 bits per heavy atom. The van der Waals surface area contributed by atoms with Gasteiger partial charge in [0, 0.05) is 0 Å². The molecule has 0 fully saturated rings. The van der Waals surface area contributed by atoms with E-state index in [1.807, 2.05) is 0 Å². The van der Waals surface area contributed by atoms with E-state index in [1.165, 1.54) is 0 Å². The molecule has 0 spiro atoms. The van der Waals surface area contributed by atoms with Gasteiger partial charge in [0.05, 0.1) is 25.7 Å². The van der Waals surface area contributed by atoms with Crippen LogP contribution in [0.15, 0.2) is 0 Å². The van der Waals surface area contributed by atoms with E-state index in [-0.39, 0.29) is 0 Å². The fourth-order valence-electron chi connectivity index (χ4n) is 0.702. The highest BCUT2D eigenvalue weighted by Gasteiger charge is 2.16. The van der Waals surface area contributed by atoms with Crippen molar-refractivity contribution in [2.45, 2.75) is 25.7 Å². The Bertz CT molecular complexity index is 307. The van der Waals surface area contributed by atoms with Crippen LogP contribution < -0.4 is 0 Å². The number of carboxylic acids is 2. The number of aliphatic carboxylic acids is 2. The second-order valence-electron chi connectivity index (χ2n) is 2.95. The fraction of sp³-hybridized carbons (Fsp3) is 0.500. The Kier molecular flexibility index (Phi) is 7.00. The first-order valence-corrected chi connectivity index (χ1v) is 4.65. The predicted molar refractivity (Wildman–Crippen MR) is 49.5 cm³/mol. The number of rotatable bonds is 8. The number of carboxylic acid groups (broad SMARTS) is 2. The molecule has 102 valence electrons. The highest BCUT2D eigenvalue weighted by Crippen LogP contribution is 1.99. The Labute approximate surface area is 100 Å². The maximum Gasteiger partial charge on any atom is 0.332 e. The first kappa shape index (κ1) is 15.8. The number of hydrogen-bond acceptors (Lipinski definition) is 8. The van der Waals surface area contributed by atoms with Gasteiger partial charge in [-0.2, -0.15) is 0 Å². The molecular formula is C8H11NO9. The van der Waals surface area contributed by atoms with Gasteiger partial charge in [0.1, 0.15) is 0 Å². The molecular weight excluding hydrogens is 254 g/mol. The van der Waals surface area contributed by atoms with E-state index >= 15 is 0 Å². The van der Waals surface area contributed by atoms with Crippen LogP contribution in [0.2, 0.25) is 0 Å². The van der Waals surface area contributed by atoms with Crippen molar-refractivity contribution in [3.63, 3.8) is 0 Å². The molecule has 0 aliphatic heterocycles. The minimum Gasteiger partial charge on any atom is -0.481 e. The van der Waals surface area contributed by atoms with Crippen molar-refractivity contribution in [1.29, 1.82) is 0 Å². The van der Waals surface area contributed by atoms with E-state index in [9.17, 15) is 19.2 Å². The quantitative estimate of drug-likeness (QED) is 0.481. The third kappa shape index (κ3) is 9.06. The van der Waals surface area contributed by atoms with E-state index in [0.29, 0.717) is 0 Å². The largest absolute Gasteiger partial charge is 0.481 e. The smallest absolute Gasteiger partial charge is 0.332 e. The van der Waals surface area contributed by atoms with Gasteiger partial charge in [-0.25, -0.2) is 5.21 Å². The molecule has 0 aromatic heterocycles. The minimum absolute atomic E-state index is 0.514. The summed E-state index contributed by atoms with van der Waals surface area (Å²) in [6, 6.07) is 0. The molecule has 0 saturated heterocycles. The second-order valence-corrected chi connectivity index (χ2v) is 2.95. The van der Waals surface area contributed by atoms with E-state index in [2.05, 4.69) is 9.68 Å². The van der Waals surface area contributed by atoms with Gasteiger partial charge in [-0.1, -0.05) is 0 Å². The van der Waals surface area contributed by atoms with Gasteiger partial charge in [-0.05, 0) is 0 Å². The predicted octanol–water partition coefficient (Wildman–Crippen LogP) is -0.676. The lowest BCUT2D eigenvalue weighted by Crippen LogP contribution is -2.27. The summed E-state index contributed by atoms with van der Waals surface area (Å²) < 4.78 is 0. The molecule has 0 heterocycles. The van der Waals surface area contributed by atoms with Gasteiger partial charge < -0.3 is 19.9 Å². The van der Waals surface area contributed by atoms with Crippen molar-refractivity contribution in [2.24, 2.45) is 0 Å². The molecule has 0 aromatic carbocycles. The molecule has 10 heteroatoms. The van der Waals surface area contributed by atoms with Crippen molar-refractivity contribution < 1.29 is 44.3 Å². The summed E-state index contributed by atoms with van der Waals surface area (Å²) in [4.78, 5) is 49.8. The zero-order valence-electron chi connectivity index (χ0n) is 9.07. The lowest BCUT2D eigenvalue weighted by atomic mass is 10.3. The van der Waals surface area contributed by atoms with Crippen LogP contribution >= 0.6 is 0 Å². The Morgan fingerprint density at radius 2 is 1.11 bits per heavy atom. The van der Waals surface area contributed by atoms with Crippen molar-refractivity contribution in [2.75, 3.05) is 0 Å². The van der Waals surface area contributed by atoms with Crippen LogP contribution in [-0.4, -0.2) is 44.7 Å². The third-order valence-corrected chi connectivity index (χ3v) is 1.45. The molecule has 0 saturated carbocycles. The van der Waals surface area contributed by atoms with Crippen LogP contribution in [0.3, 0.4) is 0 Å². The van der Waals surface area contributed by atoms with E-state index in [0.717, 1.165) is 0 Å². The van der Waals surface area contributed by atoms with Crippen molar-refractivity contribution in [3.8, 4) is 0 Å². The molecule has 0 unspecified atom stereocenters. The number of carbonyl (C=O) groups is 4. The molecule has 0 bridgehead atoms. The minimum atomic E-state index is -1.24. The van der Waals surface area contributed by atoms with Crippen LogP contribution in [0, 0.1) is 0 Å². The van der Waals surface area contributed by atoms with E-state index < -0.39 is 55.0 Å². The maximum atomic E-state index is 10.8. The van der Waals surface area contributed by atoms with Crippen molar-refractivity contribution >= 4 is 23.9 Å². The summed E-state index contributed by atoms with van der Waals surface area (Å²) in [5.41, 5.74) is 0. The van der Waals surface area contributed by atoms with E-state index in [4.69, 9.17) is 15.4 Å². The van der Waals surface area contributed by atoms with Crippen LogP contribution in [-0.2, 0) is 28.9 Å². The SMILES string of the molecule is O=C(O)CCC(=O)ON(O)OC(=O)CCC(=O)O. The number of nitrogens with zero attached hydrogens (tertiary/aromatic N) is 1. The Balaban J connectivity index is 3.84. The summed E-state index contributed by atoms with van der Waals surface area (Å²) in [7, 11) is 0. The number of hydrogen-bond donors (Lipinski definition) is 3. The second kappa shape index (κ2) is 7.97. The molecule has 18 heavy (non-hydrogen) atoms. The molecule has 0 amide bonds. The van der Waals surface area contributed by atoms with Gasteiger partial charge in [0.25, 0.3) is 0 Å². The summed E-state index contributed by atoms with van der Waals surface area (Å²) in [6.07, 6.45) is -2.09. The van der Waals surface area contributed by atoms with Gasteiger partial charge >= 0.3 is 23.9 Å². The van der Waals surface area contributed by atoms with Gasteiger partial charge in [-0.3, -0.25) is 19.2 Å². The van der Waals surface area contributed by atoms with Crippen LogP contribution in [0.4, 0.5) is 0 Å². The fourth-order valence-corrected chi connectivity index (χ4v) is 0.702. The lowest BCUT2D eigenvalue weighted by molar-refractivity contribution is -0.467. The molecule has 0 atom stereocenters. The highest BCUT2D eigenvalue weighted by atomic mass is 17.1.